The largest absolute Gasteiger partial charge is 0.496 e. The van der Waals surface area contributed by atoms with Gasteiger partial charge in [-0.15, -0.1) is 0 Å². The van der Waals surface area contributed by atoms with Crippen LogP contribution < -0.4 is 14.8 Å². The predicted molar refractivity (Wildman–Crippen MR) is 154 cm³/mol. The van der Waals surface area contributed by atoms with Crippen LogP contribution >= 0.6 is 0 Å². The molecule has 1 aliphatic heterocycles. The number of imidazole rings is 1. The zero-order valence-electron chi connectivity index (χ0n) is 24.6. The molecule has 2 fully saturated rings. The molecule has 12 heteroatoms. The van der Waals surface area contributed by atoms with Crippen LogP contribution in [0.5, 0.6) is 11.5 Å². The van der Waals surface area contributed by atoms with Crippen LogP contribution in [0.15, 0.2) is 36.7 Å². The van der Waals surface area contributed by atoms with Crippen molar-refractivity contribution >= 4 is 17.5 Å². The third-order valence-corrected chi connectivity index (χ3v) is 8.31. The van der Waals surface area contributed by atoms with Gasteiger partial charge in [0, 0.05) is 24.3 Å². The number of ether oxygens (including phenoxy) is 3. The summed E-state index contributed by atoms with van der Waals surface area (Å²) in [5.41, 5.74) is 1.74. The molecule has 2 aromatic heterocycles. The van der Waals surface area contributed by atoms with E-state index in [1.165, 1.54) is 13.2 Å². The molecule has 10 nitrogen and oxygen atoms in total. The molecule has 232 valence electrons. The molecule has 1 saturated heterocycles. The number of carbonyl (C=O) groups excluding carboxylic acids is 2. The van der Waals surface area contributed by atoms with Crippen molar-refractivity contribution in [1.82, 2.24) is 19.6 Å². The molecule has 0 radical (unpaired) electrons. The number of carbonyl (C=O) groups is 2. The first kappa shape index (κ1) is 30.7. The third-order valence-electron chi connectivity index (χ3n) is 8.31. The first-order valence-electron chi connectivity index (χ1n) is 14.6. The number of aliphatic hydroxyl groups excluding tert-OH is 1. The summed E-state index contributed by atoms with van der Waals surface area (Å²) in [5.74, 6) is -0.859. The number of alkyl halides is 2. The number of esters is 1. The minimum Gasteiger partial charge on any atom is -0.496 e. The molecule has 43 heavy (non-hydrogen) atoms. The van der Waals surface area contributed by atoms with E-state index in [9.17, 15) is 23.5 Å². The van der Waals surface area contributed by atoms with Gasteiger partial charge in [-0.05, 0) is 88.9 Å². The fourth-order valence-electron chi connectivity index (χ4n) is 5.47. The van der Waals surface area contributed by atoms with Crippen molar-refractivity contribution in [3.8, 4) is 22.8 Å². The maximum absolute atomic E-state index is 13.3. The lowest BCUT2D eigenvalue weighted by atomic mass is 9.80. The fraction of sp³-hybridized carbons (Fsp3) is 0.516. The Morgan fingerprint density at radius 2 is 1.91 bits per heavy atom. The monoisotopic (exact) mass is 600 g/mol. The molecule has 1 atom stereocenters. The Labute approximate surface area is 248 Å². The summed E-state index contributed by atoms with van der Waals surface area (Å²) in [7, 11) is 1.37. The van der Waals surface area contributed by atoms with Gasteiger partial charge in [0.2, 0.25) is 0 Å². The maximum Gasteiger partial charge on any atom is 0.387 e. The van der Waals surface area contributed by atoms with Gasteiger partial charge in [0.25, 0.3) is 5.91 Å². The summed E-state index contributed by atoms with van der Waals surface area (Å²) >= 11 is 0. The van der Waals surface area contributed by atoms with E-state index >= 15 is 0 Å². The molecule has 0 bridgehead atoms. The smallest absolute Gasteiger partial charge is 0.387 e. The third kappa shape index (κ3) is 6.91. The van der Waals surface area contributed by atoms with Crippen LogP contribution in [0.3, 0.4) is 0 Å². The Morgan fingerprint density at radius 3 is 2.56 bits per heavy atom. The van der Waals surface area contributed by atoms with Crippen molar-refractivity contribution in [3.05, 3.63) is 47.8 Å². The minimum absolute atomic E-state index is 0.0200. The van der Waals surface area contributed by atoms with Gasteiger partial charge in [0.15, 0.2) is 0 Å². The van der Waals surface area contributed by atoms with Gasteiger partial charge < -0.3 is 29.5 Å². The number of pyridine rings is 1. The standard InChI is InChI=1S/C31H38F2N4O6/c1-4-42-29(40)31(2)9-13-36(14-10-31)11-8-23(38)19-7-12-37-22(18-34-26(37)17-19)20-15-24(41-3)27(25(16-20)43-30(32)33)28(39)35-21-5-6-21/h7,12,15-18,21,23,30,38H,4-6,8-11,13-14H2,1-3H3,(H,35,39). The Kier molecular flexibility index (Phi) is 9.16. The number of piperidine rings is 1. The normalized spacial score (nSPS) is 17.6. The number of aromatic nitrogens is 2. The van der Waals surface area contributed by atoms with Crippen molar-refractivity contribution < 1.29 is 37.7 Å². The molecule has 3 heterocycles. The molecular weight excluding hydrogens is 562 g/mol. The van der Waals surface area contributed by atoms with Crippen LogP contribution in [-0.4, -0.2) is 77.3 Å². The zero-order valence-corrected chi connectivity index (χ0v) is 24.6. The molecule has 2 aliphatic rings. The molecule has 3 aromatic rings. The molecule has 0 spiro atoms. The molecule has 5 rings (SSSR count). The van der Waals surface area contributed by atoms with Crippen molar-refractivity contribution in [2.75, 3.05) is 33.4 Å². The van der Waals surface area contributed by atoms with Crippen LogP contribution in [0, 0.1) is 5.41 Å². The fourth-order valence-corrected chi connectivity index (χ4v) is 5.47. The van der Waals surface area contributed by atoms with E-state index < -0.39 is 24.0 Å². The molecule has 1 saturated carbocycles. The number of nitrogens with one attached hydrogen (secondary N) is 1. The number of amides is 1. The number of rotatable bonds is 12. The van der Waals surface area contributed by atoms with Gasteiger partial charge in [-0.25, -0.2) is 4.98 Å². The quantitative estimate of drug-likeness (QED) is 0.290. The number of fused-ring (bicyclic) bond motifs is 1. The lowest BCUT2D eigenvalue weighted by Crippen LogP contribution is -2.43. The number of nitrogens with zero attached hydrogens (tertiary/aromatic N) is 3. The molecule has 1 amide bonds. The van der Waals surface area contributed by atoms with E-state index in [-0.39, 0.29) is 29.1 Å². The average molecular weight is 601 g/mol. The van der Waals surface area contributed by atoms with Gasteiger partial charge in [-0.2, -0.15) is 8.78 Å². The Bertz CT molecular complexity index is 1470. The summed E-state index contributed by atoms with van der Waals surface area (Å²) in [6, 6.07) is 6.58. The molecule has 1 unspecified atom stereocenters. The highest BCUT2D eigenvalue weighted by atomic mass is 19.3. The van der Waals surface area contributed by atoms with Crippen LogP contribution in [0.1, 0.15) is 68.0 Å². The van der Waals surface area contributed by atoms with Crippen molar-refractivity contribution in [3.63, 3.8) is 0 Å². The predicted octanol–water partition coefficient (Wildman–Crippen LogP) is 4.59. The van der Waals surface area contributed by atoms with Crippen molar-refractivity contribution in [2.45, 2.75) is 64.7 Å². The lowest BCUT2D eigenvalue weighted by Gasteiger charge is -2.37. The lowest BCUT2D eigenvalue weighted by molar-refractivity contribution is -0.157. The zero-order chi connectivity index (χ0) is 30.7. The highest BCUT2D eigenvalue weighted by molar-refractivity contribution is 6.01. The summed E-state index contributed by atoms with van der Waals surface area (Å²) < 4.78 is 43.9. The molecule has 1 aliphatic carbocycles. The second-order valence-electron chi connectivity index (χ2n) is 11.4. The highest BCUT2D eigenvalue weighted by Crippen LogP contribution is 2.37. The van der Waals surface area contributed by atoms with Gasteiger partial charge in [0.1, 0.15) is 22.7 Å². The van der Waals surface area contributed by atoms with Gasteiger partial charge in [-0.3, -0.25) is 14.0 Å². The Morgan fingerprint density at radius 1 is 1.19 bits per heavy atom. The summed E-state index contributed by atoms with van der Waals surface area (Å²) in [4.78, 5) is 31.9. The second kappa shape index (κ2) is 12.8. The summed E-state index contributed by atoms with van der Waals surface area (Å²) in [6.07, 6.45) is 6.24. The summed E-state index contributed by atoms with van der Waals surface area (Å²) in [6.45, 7) is 3.20. The van der Waals surface area contributed by atoms with Crippen LogP contribution in [0.2, 0.25) is 0 Å². The Hall–Kier alpha value is -3.77. The van der Waals surface area contributed by atoms with Crippen LogP contribution in [-0.2, 0) is 9.53 Å². The van der Waals surface area contributed by atoms with E-state index in [0.717, 1.165) is 25.9 Å². The number of benzene rings is 1. The van der Waals surface area contributed by atoms with Gasteiger partial charge in [-0.1, -0.05) is 0 Å². The van der Waals surface area contributed by atoms with Gasteiger partial charge in [0.05, 0.1) is 37.1 Å². The van der Waals surface area contributed by atoms with Crippen LogP contribution in [0.4, 0.5) is 8.78 Å². The maximum atomic E-state index is 13.3. The number of aliphatic hydroxyl groups is 1. The molecule has 2 N–H and O–H groups in total. The van der Waals surface area contributed by atoms with Gasteiger partial charge >= 0.3 is 12.6 Å². The number of halogens is 2. The Balaban J connectivity index is 1.30. The summed E-state index contributed by atoms with van der Waals surface area (Å²) in [5, 5.41) is 13.7. The molecule has 1 aromatic carbocycles. The number of hydrogen-bond acceptors (Lipinski definition) is 8. The van der Waals surface area contributed by atoms with E-state index in [2.05, 4.69) is 15.2 Å². The number of methoxy groups -OCH3 is 1. The highest BCUT2D eigenvalue weighted by Gasteiger charge is 2.38. The average Bonchev–Trinajstić information content (AvgIpc) is 3.70. The minimum atomic E-state index is -3.13. The van der Waals surface area contributed by atoms with Crippen LogP contribution in [0.25, 0.3) is 16.9 Å². The van der Waals surface area contributed by atoms with Crippen molar-refractivity contribution in [1.29, 1.82) is 0 Å². The van der Waals surface area contributed by atoms with E-state index in [1.54, 1.807) is 35.0 Å². The SMILES string of the molecule is CCOC(=O)C1(C)CCN(CCC(O)c2ccn3c(-c4cc(OC)c(C(=O)NC5CC5)c(OC(F)F)c4)cnc3c2)CC1. The van der Waals surface area contributed by atoms with Crippen molar-refractivity contribution in [2.24, 2.45) is 5.41 Å². The first-order valence-corrected chi connectivity index (χ1v) is 14.6. The topological polar surface area (TPSA) is 115 Å². The first-order chi connectivity index (χ1) is 20.6. The van der Waals surface area contributed by atoms with E-state index in [0.29, 0.717) is 54.9 Å². The molecular formula is C31H38F2N4O6. The van der Waals surface area contributed by atoms with E-state index in [1.807, 2.05) is 13.8 Å². The van der Waals surface area contributed by atoms with E-state index in [4.69, 9.17) is 14.2 Å². The second-order valence-corrected chi connectivity index (χ2v) is 11.4. The number of likely N-dealkylation sites (tertiary alicyclic amines) is 1. The number of hydrogen-bond donors (Lipinski definition) is 2.